The number of aromatic nitrogens is 3. The Labute approximate surface area is 126 Å². The topological polar surface area (TPSA) is 51.9 Å². The normalized spacial score (nSPS) is 11.1. The summed E-state index contributed by atoms with van der Waals surface area (Å²) in [5.41, 5.74) is 1.74. The molecule has 1 amide bonds. The molecule has 0 aliphatic carbocycles. The zero-order valence-electron chi connectivity index (χ0n) is 13.3. The van der Waals surface area contributed by atoms with Gasteiger partial charge in [0.05, 0.1) is 5.56 Å². The van der Waals surface area contributed by atoms with E-state index in [4.69, 9.17) is 0 Å². The van der Waals surface area contributed by atoms with E-state index in [0.717, 1.165) is 30.0 Å². The number of imidazole rings is 1. The van der Waals surface area contributed by atoms with Crippen molar-refractivity contribution >= 4 is 5.91 Å². The molecule has 0 spiro atoms. The molecule has 2 aromatic heterocycles. The third-order valence-electron chi connectivity index (χ3n) is 3.75. The van der Waals surface area contributed by atoms with Gasteiger partial charge in [0.25, 0.3) is 5.91 Å². The molecule has 0 aromatic carbocycles. The first-order valence-corrected chi connectivity index (χ1v) is 7.42. The smallest absolute Gasteiger partial charge is 0.253 e. The van der Waals surface area contributed by atoms with Crippen LogP contribution in [0.25, 0.3) is 0 Å². The lowest BCUT2D eigenvalue weighted by Crippen LogP contribution is -2.25. The van der Waals surface area contributed by atoms with Crippen LogP contribution < -0.4 is 5.32 Å². The minimum absolute atomic E-state index is 0.00261. The molecule has 0 atom stereocenters. The number of hydrogen-bond acceptors (Lipinski definition) is 2. The summed E-state index contributed by atoms with van der Waals surface area (Å²) in [4.78, 5) is 16.4. The van der Waals surface area contributed by atoms with Crippen LogP contribution in [0, 0.1) is 6.92 Å². The summed E-state index contributed by atoms with van der Waals surface area (Å²) in [6, 6.07) is 1.86. The third kappa shape index (κ3) is 3.54. The van der Waals surface area contributed by atoms with Gasteiger partial charge in [-0.05, 0) is 19.4 Å². The Morgan fingerprint density at radius 2 is 2.14 bits per heavy atom. The summed E-state index contributed by atoms with van der Waals surface area (Å²) in [5, 5.41) is 2.98. The van der Waals surface area contributed by atoms with E-state index < -0.39 is 0 Å². The van der Waals surface area contributed by atoms with E-state index >= 15 is 0 Å². The summed E-state index contributed by atoms with van der Waals surface area (Å²) < 4.78 is 4.11. The molecule has 5 heteroatoms. The highest BCUT2D eigenvalue weighted by Gasteiger charge is 2.11. The molecule has 0 saturated heterocycles. The van der Waals surface area contributed by atoms with E-state index in [1.54, 1.807) is 0 Å². The van der Waals surface area contributed by atoms with E-state index in [9.17, 15) is 4.79 Å². The quantitative estimate of drug-likeness (QED) is 0.830. The van der Waals surface area contributed by atoms with Crippen LogP contribution in [-0.4, -0.2) is 26.6 Å². The van der Waals surface area contributed by atoms with Crippen LogP contribution in [-0.2, 0) is 13.6 Å². The van der Waals surface area contributed by atoms with E-state index in [0.29, 0.717) is 12.5 Å². The van der Waals surface area contributed by atoms with E-state index in [1.165, 1.54) is 0 Å². The molecule has 0 radical (unpaired) electrons. The van der Waals surface area contributed by atoms with Crippen LogP contribution in [0.1, 0.15) is 48.1 Å². The predicted octanol–water partition coefficient (Wildman–Crippen LogP) is 2.47. The molecule has 114 valence electrons. The van der Waals surface area contributed by atoms with Crippen molar-refractivity contribution in [1.29, 1.82) is 0 Å². The Kier molecular flexibility index (Phi) is 4.83. The molecule has 0 fully saturated rings. The molecule has 0 aliphatic rings. The summed E-state index contributed by atoms with van der Waals surface area (Å²) in [6.45, 7) is 7.78. The molecule has 2 rings (SSSR count). The van der Waals surface area contributed by atoms with E-state index in [1.807, 2.05) is 43.2 Å². The first-order valence-electron chi connectivity index (χ1n) is 7.42. The van der Waals surface area contributed by atoms with Crippen molar-refractivity contribution in [2.75, 3.05) is 6.54 Å². The van der Waals surface area contributed by atoms with Gasteiger partial charge in [0.1, 0.15) is 5.82 Å². The first-order chi connectivity index (χ1) is 10.0. The van der Waals surface area contributed by atoms with Crippen molar-refractivity contribution in [1.82, 2.24) is 19.4 Å². The van der Waals surface area contributed by atoms with Gasteiger partial charge < -0.3 is 14.5 Å². The average molecular weight is 288 g/mol. The summed E-state index contributed by atoms with van der Waals surface area (Å²) in [7, 11) is 1.94. The minimum Gasteiger partial charge on any atom is -0.354 e. The molecule has 0 aliphatic heterocycles. The molecular weight excluding hydrogens is 264 g/mol. The van der Waals surface area contributed by atoms with Gasteiger partial charge in [-0.3, -0.25) is 4.79 Å². The maximum Gasteiger partial charge on any atom is 0.253 e. The molecule has 21 heavy (non-hydrogen) atoms. The fourth-order valence-electron chi connectivity index (χ4n) is 2.41. The molecule has 2 heterocycles. The van der Waals surface area contributed by atoms with Gasteiger partial charge in [-0.25, -0.2) is 4.98 Å². The highest BCUT2D eigenvalue weighted by atomic mass is 16.1. The zero-order chi connectivity index (χ0) is 15.4. The fraction of sp³-hybridized carbons (Fsp3) is 0.500. The van der Waals surface area contributed by atoms with Gasteiger partial charge in [0.2, 0.25) is 0 Å². The lowest BCUT2D eigenvalue weighted by atomic mass is 10.2. The lowest BCUT2D eigenvalue weighted by molar-refractivity contribution is 0.0952. The van der Waals surface area contributed by atoms with E-state index in [2.05, 4.69) is 28.7 Å². The fourth-order valence-corrected chi connectivity index (χ4v) is 2.41. The van der Waals surface area contributed by atoms with Crippen molar-refractivity contribution < 1.29 is 4.79 Å². The van der Waals surface area contributed by atoms with Crippen molar-refractivity contribution in [3.8, 4) is 0 Å². The first kappa shape index (κ1) is 15.4. The minimum atomic E-state index is 0.00261. The molecule has 0 saturated carbocycles. The SMILES string of the molecule is Cc1c(C(=O)NCCCn2ccnc2C(C)C)ccn1C. The maximum absolute atomic E-state index is 12.1. The average Bonchev–Trinajstić information content (AvgIpc) is 3.03. The van der Waals surface area contributed by atoms with Gasteiger partial charge in [-0.2, -0.15) is 0 Å². The molecule has 5 nitrogen and oxygen atoms in total. The number of nitrogens with zero attached hydrogens (tertiary/aromatic N) is 3. The van der Waals surface area contributed by atoms with Crippen molar-refractivity contribution in [3.05, 3.63) is 41.7 Å². The third-order valence-corrected chi connectivity index (χ3v) is 3.75. The largest absolute Gasteiger partial charge is 0.354 e. The molecule has 1 N–H and O–H groups in total. The highest BCUT2D eigenvalue weighted by Crippen LogP contribution is 2.12. The van der Waals surface area contributed by atoms with Crippen molar-refractivity contribution in [3.63, 3.8) is 0 Å². The van der Waals surface area contributed by atoms with Gasteiger partial charge in [-0.15, -0.1) is 0 Å². The standard InChI is InChI=1S/C16H24N4O/c1-12(2)15-17-8-11-20(15)9-5-7-18-16(21)14-6-10-19(4)13(14)3/h6,8,10-12H,5,7,9H2,1-4H3,(H,18,21). The summed E-state index contributed by atoms with van der Waals surface area (Å²) in [5.74, 6) is 1.52. The van der Waals surface area contributed by atoms with Crippen LogP contribution in [0.4, 0.5) is 0 Å². The number of carbonyl (C=O) groups excluding carboxylic acids is 1. The number of amides is 1. The zero-order valence-corrected chi connectivity index (χ0v) is 13.3. The van der Waals surface area contributed by atoms with Crippen molar-refractivity contribution in [2.24, 2.45) is 7.05 Å². The molecule has 0 bridgehead atoms. The molecular formula is C16H24N4O. The Morgan fingerprint density at radius 3 is 2.76 bits per heavy atom. The Balaban J connectivity index is 1.81. The van der Waals surface area contributed by atoms with Gasteiger partial charge in [0, 0.05) is 50.3 Å². The summed E-state index contributed by atoms with van der Waals surface area (Å²) >= 11 is 0. The summed E-state index contributed by atoms with van der Waals surface area (Å²) in [6.07, 6.45) is 6.64. The highest BCUT2D eigenvalue weighted by molar-refractivity contribution is 5.95. The Hall–Kier alpha value is -2.04. The van der Waals surface area contributed by atoms with Crippen LogP contribution in [0.3, 0.4) is 0 Å². The van der Waals surface area contributed by atoms with E-state index in [-0.39, 0.29) is 5.91 Å². The number of carbonyl (C=O) groups is 1. The lowest BCUT2D eigenvalue weighted by Gasteiger charge is -2.10. The predicted molar refractivity (Wildman–Crippen MR) is 83.4 cm³/mol. The van der Waals surface area contributed by atoms with Crippen LogP contribution in [0.2, 0.25) is 0 Å². The van der Waals surface area contributed by atoms with Gasteiger partial charge >= 0.3 is 0 Å². The second-order valence-electron chi connectivity index (χ2n) is 5.67. The Bertz CT molecular complexity index is 610. The second kappa shape index (κ2) is 6.61. The monoisotopic (exact) mass is 288 g/mol. The Morgan fingerprint density at radius 1 is 1.38 bits per heavy atom. The van der Waals surface area contributed by atoms with Gasteiger partial charge in [-0.1, -0.05) is 13.8 Å². The van der Waals surface area contributed by atoms with Crippen LogP contribution in [0.5, 0.6) is 0 Å². The molecule has 0 unspecified atom stereocenters. The van der Waals surface area contributed by atoms with Crippen molar-refractivity contribution in [2.45, 2.75) is 39.7 Å². The number of hydrogen-bond donors (Lipinski definition) is 1. The van der Waals surface area contributed by atoms with Crippen LogP contribution in [0.15, 0.2) is 24.7 Å². The van der Waals surface area contributed by atoms with Gasteiger partial charge in [0.15, 0.2) is 0 Å². The molecule has 2 aromatic rings. The maximum atomic E-state index is 12.1. The number of aryl methyl sites for hydroxylation is 2. The number of rotatable bonds is 6. The second-order valence-corrected chi connectivity index (χ2v) is 5.67. The number of nitrogens with one attached hydrogen (secondary N) is 1. The van der Waals surface area contributed by atoms with Crippen LogP contribution >= 0.6 is 0 Å².